The Labute approximate surface area is 160 Å². The number of thiazole rings is 1. The van der Waals surface area contributed by atoms with Crippen molar-refractivity contribution >= 4 is 23.1 Å². The summed E-state index contributed by atoms with van der Waals surface area (Å²) in [5.74, 6) is 2.04. The van der Waals surface area contributed by atoms with E-state index in [9.17, 15) is 0 Å². The molecule has 140 valence electrons. The number of aromatic nitrogens is 2. The SMILES string of the molecule is CCc1nc(CCNC(=NC)N2CCN(c3ccccn3)CC2)sc1C. The zero-order chi connectivity index (χ0) is 18.4. The Morgan fingerprint density at radius 1 is 1.27 bits per heavy atom. The first-order chi connectivity index (χ1) is 12.7. The van der Waals surface area contributed by atoms with Crippen LogP contribution in [0.5, 0.6) is 0 Å². The first-order valence-corrected chi connectivity index (χ1v) is 10.1. The van der Waals surface area contributed by atoms with Gasteiger partial charge in [-0.15, -0.1) is 11.3 Å². The van der Waals surface area contributed by atoms with Gasteiger partial charge in [0.25, 0.3) is 0 Å². The Morgan fingerprint density at radius 2 is 2.08 bits per heavy atom. The summed E-state index contributed by atoms with van der Waals surface area (Å²) >= 11 is 1.81. The van der Waals surface area contributed by atoms with Crippen LogP contribution in [0.3, 0.4) is 0 Å². The van der Waals surface area contributed by atoms with Crippen LogP contribution >= 0.6 is 11.3 Å². The summed E-state index contributed by atoms with van der Waals surface area (Å²) in [4.78, 5) is 19.6. The van der Waals surface area contributed by atoms with Crippen molar-refractivity contribution in [2.75, 3.05) is 44.7 Å². The number of piperazine rings is 1. The van der Waals surface area contributed by atoms with Gasteiger partial charge in [-0.25, -0.2) is 9.97 Å². The van der Waals surface area contributed by atoms with Gasteiger partial charge in [0.15, 0.2) is 5.96 Å². The van der Waals surface area contributed by atoms with Crippen LogP contribution in [0, 0.1) is 6.92 Å². The number of pyridine rings is 1. The van der Waals surface area contributed by atoms with Gasteiger partial charge in [-0.05, 0) is 25.5 Å². The van der Waals surface area contributed by atoms with Gasteiger partial charge in [0.2, 0.25) is 0 Å². The second kappa shape index (κ2) is 8.98. The van der Waals surface area contributed by atoms with Gasteiger partial charge >= 0.3 is 0 Å². The van der Waals surface area contributed by atoms with E-state index < -0.39 is 0 Å². The molecule has 0 spiro atoms. The standard InChI is InChI=1S/C19H28N6S/c1-4-16-15(2)26-18(23-16)8-10-22-19(20-3)25-13-11-24(12-14-25)17-7-5-6-9-21-17/h5-7,9H,4,8,10-14H2,1-3H3,(H,20,22). The van der Waals surface area contributed by atoms with Crippen molar-refractivity contribution in [3.05, 3.63) is 40.0 Å². The number of anilines is 1. The molecule has 0 atom stereocenters. The summed E-state index contributed by atoms with van der Waals surface area (Å²) < 4.78 is 0. The molecule has 1 fully saturated rings. The van der Waals surface area contributed by atoms with E-state index in [0.717, 1.165) is 57.3 Å². The van der Waals surface area contributed by atoms with Gasteiger partial charge in [0.05, 0.1) is 10.7 Å². The first kappa shape index (κ1) is 18.6. The van der Waals surface area contributed by atoms with Crippen molar-refractivity contribution in [3.8, 4) is 0 Å². The summed E-state index contributed by atoms with van der Waals surface area (Å²) in [7, 11) is 1.86. The maximum absolute atomic E-state index is 4.72. The lowest BCUT2D eigenvalue weighted by atomic mass is 10.3. The summed E-state index contributed by atoms with van der Waals surface area (Å²) in [6.45, 7) is 9.01. The van der Waals surface area contributed by atoms with Gasteiger partial charge in [-0.1, -0.05) is 13.0 Å². The molecule has 7 heteroatoms. The Morgan fingerprint density at radius 3 is 2.69 bits per heavy atom. The Bertz CT molecular complexity index is 719. The minimum Gasteiger partial charge on any atom is -0.356 e. The van der Waals surface area contributed by atoms with Gasteiger partial charge in [0.1, 0.15) is 5.82 Å². The molecule has 0 radical (unpaired) electrons. The monoisotopic (exact) mass is 372 g/mol. The van der Waals surface area contributed by atoms with Crippen molar-refractivity contribution in [2.45, 2.75) is 26.7 Å². The van der Waals surface area contributed by atoms with Crippen LogP contribution in [-0.4, -0.2) is 60.6 Å². The molecule has 0 bridgehead atoms. The second-order valence-corrected chi connectivity index (χ2v) is 7.64. The maximum atomic E-state index is 4.72. The maximum Gasteiger partial charge on any atom is 0.193 e. The molecule has 2 aromatic rings. The van der Waals surface area contributed by atoms with Crippen LogP contribution in [0.2, 0.25) is 0 Å². The second-order valence-electron chi connectivity index (χ2n) is 6.35. The Kier molecular flexibility index (Phi) is 6.44. The average molecular weight is 373 g/mol. The lowest BCUT2D eigenvalue weighted by Gasteiger charge is -2.37. The molecule has 1 saturated heterocycles. The van der Waals surface area contributed by atoms with Crippen LogP contribution < -0.4 is 10.2 Å². The fourth-order valence-corrected chi connectivity index (χ4v) is 4.25. The summed E-state index contributed by atoms with van der Waals surface area (Å²) in [5, 5.41) is 4.71. The summed E-state index contributed by atoms with van der Waals surface area (Å²) in [6.07, 6.45) is 3.81. The normalized spacial score (nSPS) is 15.4. The molecular formula is C19H28N6S. The number of hydrogen-bond acceptors (Lipinski definition) is 5. The van der Waals surface area contributed by atoms with Crippen molar-refractivity contribution in [3.63, 3.8) is 0 Å². The van der Waals surface area contributed by atoms with E-state index in [1.54, 1.807) is 0 Å². The average Bonchev–Trinajstić information content (AvgIpc) is 3.06. The fraction of sp³-hybridized carbons (Fsp3) is 0.526. The zero-order valence-corrected chi connectivity index (χ0v) is 16.7. The topological polar surface area (TPSA) is 56.7 Å². The smallest absolute Gasteiger partial charge is 0.193 e. The third-order valence-electron chi connectivity index (χ3n) is 4.66. The number of nitrogens with zero attached hydrogens (tertiary/aromatic N) is 5. The third-order valence-corrected chi connectivity index (χ3v) is 5.73. The van der Waals surface area contributed by atoms with Crippen molar-refractivity contribution in [2.24, 2.45) is 4.99 Å². The Balaban J connectivity index is 1.47. The van der Waals surface area contributed by atoms with Crippen molar-refractivity contribution in [1.29, 1.82) is 0 Å². The first-order valence-electron chi connectivity index (χ1n) is 9.28. The van der Waals surface area contributed by atoms with E-state index in [1.165, 1.54) is 15.6 Å². The zero-order valence-electron chi connectivity index (χ0n) is 15.9. The quantitative estimate of drug-likeness (QED) is 0.645. The molecular weight excluding hydrogens is 344 g/mol. The number of aliphatic imine (C=N–C) groups is 1. The summed E-state index contributed by atoms with van der Waals surface area (Å²) in [5.41, 5.74) is 1.24. The fourth-order valence-electron chi connectivity index (χ4n) is 3.22. The van der Waals surface area contributed by atoms with Crippen LogP contribution in [0.25, 0.3) is 0 Å². The van der Waals surface area contributed by atoms with Crippen LogP contribution in [0.4, 0.5) is 5.82 Å². The highest BCUT2D eigenvalue weighted by atomic mass is 32.1. The van der Waals surface area contributed by atoms with E-state index in [0.29, 0.717) is 0 Å². The van der Waals surface area contributed by atoms with E-state index in [-0.39, 0.29) is 0 Å². The molecule has 0 amide bonds. The molecule has 6 nitrogen and oxygen atoms in total. The van der Waals surface area contributed by atoms with Crippen molar-refractivity contribution in [1.82, 2.24) is 20.2 Å². The lowest BCUT2D eigenvalue weighted by molar-refractivity contribution is 0.372. The molecule has 0 saturated carbocycles. The molecule has 1 aliphatic heterocycles. The minimum absolute atomic E-state index is 0.864. The molecule has 0 aliphatic carbocycles. The summed E-state index contributed by atoms with van der Waals surface area (Å²) in [6, 6.07) is 6.07. The number of aryl methyl sites for hydroxylation is 2. The number of nitrogens with one attached hydrogen (secondary N) is 1. The van der Waals surface area contributed by atoms with Gasteiger partial charge in [-0.2, -0.15) is 0 Å². The predicted octanol–water partition coefficient (Wildman–Crippen LogP) is 2.35. The molecule has 1 aliphatic rings. The van der Waals surface area contributed by atoms with Crippen molar-refractivity contribution < 1.29 is 0 Å². The lowest BCUT2D eigenvalue weighted by Crippen LogP contribution is -2.53. The van der Waals surface area contributed by atoms with Crippen LogP contribution in [-0.2, 0) is 12.8 Å². The van der Waals surface area contributed by atoms with E-state index in [4.69, 9.17) is 4.98 Å². The van der Waals surface area contributed by atoms with E-state index in [2.05, 4.69) is 45.0 Å². The number of rotatable bonds is 5. The molecule has 1 N–H and O–H groups in total. The molecule has 0 aromatic carbocycles. The van der Waals surface area contributed by atoms with Gasteiger partial charge in [0, 0.05) is 57.3 Å². The third kappa shape index (κ3) is 4.52. The highest BCUT2D eigenvalue weighted by Gasteiger charge is 2.20. The highest BCUT2D eigenvalue weighted by Crippen LogP contribution is 2.18. The largest absolute Gasteiger partial charge is 0.356 e. The minimum atomic E-state index is 0.864. The van der Waals surface area contributed by atoms with Crippen LogP contribution in [0.15, 0.2) is 29.4 Å². The highest BCUT2D eigenvalue weighted by molar-refractivity contribution is 7.11. The molecule has 0 unspecified atom stereocenters. The van der Waals surface area contributed by atoms with E-state index in [1.807, 2.05) is 36.7 Å². The Hall–Kier alpha value is -2.15. The van der Waals surface area contributed by atoms with Crippen LogP contribution in [0.1, 0.15) is 22.5 Å². The molecule has 26 heavy (non-hydrogen) atoms. The molecule has 3 heterocycles. The number of guanidine groups is 1. The molecule has 3 rings (SSSR count). The predicted molar refractivity (Wildman–Crippen MR) is 109 cm³/mol. The molecule has 2 aromatic heterocycles. The van der Waals surface area contributed by atoms with Gasteiger partial charge < -0.3 is 15.1 Å². The van der Waals surface area contributed by atoms with Gasteiger partial charge in [-0.3, -0.25) is 4.99 Å². The van der Waals surface area contributed by atoms with E-state index >= 15 is 0 Å². The number of hydrogen-bond donors (Lipinski definition) is 1.